The molecule has 0 atom stereocenters. The Morgan fingerprint density at radius 1 is 1.19 bits per heavy atom. The molecule has 0 spiro atoms. The third kappa shape index (κ3) is 4.80. The van der Waals surface area contributed by atoms with Gasteiger partial charge in [0, 0.05) is 6.54 Å². The van der Waals surface area contributed by atoms with E-state index in [0.29, 0.717) is 24.4 Å². The van der Waals surface area contributed by atoms with Crippen molar-refractivity contribution in [2.45, 2.75) is 6.42 Å². The number of carbonyl (C=O) groups excluding carboxylic acids is 1. The molecule has 0 aromatic heterocycles. The molecule has 2 rings (SSSR count). The number of halogens is 1. The smallest absolute Gasteiger partial charge is 0.257 e. The maximum Gasteiger partial charge on any atom is 0.257 e. The van der Waals surface area contributed by atoms with E-state index in [9.17, 15) is 9.18 Å². The lowest BCUT2D eigenvalue weighted by molar-refractivity contribution is -0.123. The summed E-state index contributed by atoms with van der Waals surface area (Å²) in [7, 11) is 0. The van der Waals surface area contributed by atoms with Crippen LogP contribution in [0.4, 0.5) is 10.1 Å². The van der Waals surface area contributed by atoms with Crippen LogP contribution in [-0.4, -0.2) is 19.1 Å². The van der Waals surface area contributed by atoms with Crippen molar-refractivity contribution in [1.82, 2.24) is 5.32 Å². The molecule has 1 amide bonds. The molecule has 0 radical (unpaired) electrons. The highest BCUT2D eigenvalue weighted by Crippen LogP contribution is 2.19. The number of benzene rings is 2. The maximum atomic E-state index is 13.0. The van der Waals surface area contributed by atoms with Crippen molar-refractivity contribution >= 4 is 11.6 Å². The first kappa shape index (κ1) is 14.8. The molecule has 0 aliphatic carbocycles. The van der Waals surface area contributed by atoms with Gasteiger partial charge < -0.3 is 15.8 Å². The van der Waals surface area contributed by atoms with Crippen LogP contribution < -0.4 is 15.8 Å². The van der Waals surface area contributed by atoms with Gasteiger partial charge in [-0.2, -0.15) is 0 Å². The summed E-state index contributed by atoms with van der Waals surface area (Å²) < 4.78 is 18.3. The van der Waals surface area contributed by atoms with E-state index in [1.807, 2.05) is 6.07 Å². The second-order valence-corrected chi connectivity index (χ2v) is 4.56. The van der Waals surface area contributed by atoms with Gasteiger partial charge in [0.05, 0.1) is 5.69 Å². The predicted molar refractivity (Wildman–Crippen MR) is 79.5 cm³/mol. The second-order valence-electron chi connectivity index (χ2n) is 4.56. The van der Waals surface area contributed by atoms with Crippen LogP contribution in [0.2, 0.25) is 0 Å². The molecule has 5 heteroatoms. The van der Waals surface area contributed by atoms with Crippen LogP contribution in [-0.2, 0) is 11.2 Å². The highest BCUT2D eigenvalue weighted by molar-refractivity contribution is 5.77. The highest BCUT2D eigenvalue weighted by atomic mass is 19.1. The van der Waals surface area contributed by atoms with E-state index in [0.717, 1.165) is 5.56 Å². The zero-order valence-corrected chi connectivity index (χ0v) is 11.5. The molecule has 0 bridgehead atoms. The zero-order chi connectivity index (χ0) is 15.1. The maximum absolute atomic E-state index is 13.0. The molecule has 0 saturated heterocycles. The van der Waals surface area contributed by atoms with E-state index >= 15 is 0 Å². The minimum atomic E-state index is -0.276. The summed E-state index contributed by atoms with van der Waals surface area (Å²) in [6.45, 7) is 0.327. The Morgan fingerprint density at radius 3 is 2.76 bits per heavy atom. The number of nitrogens with two attached hydrogens (primary N) is 1. The summed E-state index contributed by atoms with van der Waals surface area (Å²) in [4.78, 5) is 11.6. The fourth-order valence-corrected chi connectivity index (χ4v) is 1.85. The summed E-state index contributed by atoms with van der Waals surface area (Å²) in [5.74, 6) is -0.0332. The van der Waals surface area contributed by atoms with Crippen LogP contribution in [0.3, 0.4) is 0 Å². The Hall–Kier alpha value is -2.56. The average molecular weight is 288 g/mol. The van der Waals surface area contributed by atoms with Gasteiger partial charge in [-0.05, 0) is 36.2 Å². The number of nitrogen functional groups attached to an aromatic ring is 1. The molecule has 21 heavy (non-hydrogen) atoms. The summed E-state index contributed by atoms with van der Waals surface area (Å²) in [5.41, 5.74) is 7.03. The van der Waals surface area contributed by atoms with Gasteiger partial charge in [-0.25, -0.2) is 4.39 Å². The second kappa shape index (κ2) is 7.28. The molecule has 0 heterocycles. The predicted octanol–water partition coefficient (Wildman–Crippen LogP) is 2.15. The van der Waals surface area contributed by atoms with Crippen molar-refractivity contribution < 1.29 is 13.9 Å². The van der Waals surface area contributed by atoms with Gasteiger partial charge in [-0.15, -0.1) is 0 Å². The molecular formula is C16H17FN2O2. The van der Waals surface area contributed by atoms with Crippen LogP contribution in [0.1, 0.15) is 5.56 Å². The number of rotatable bonds is 6. The number of hydrogen-bond acceptors (Lipinski definition) is 3. The number of ether oxygens (including phenoxy) is 1. The monoisotopic (exact) mass is 288 g/mol. The van der Waals surface area contributed by atoms with Crippen LogP contribution in [0.15, 0.2) is 48.5 Å². The van der Waals surface area contributed by atoms with Crippen LogP contribution >= 0.6 is 0 Å². The quantitative estimate of drug-likeness (QED) is 0.800. The molecule has 110 valence electrons. The van der Waals surface area contributed by atoms with E-state index in [1.165, 1.54) is 12.1 Å². The zero-order valence-electron chi connectivity index (χ0n) is 11.5. The standard InChI is InChI=1S/C16H17FN2O2/c17-13-5-3-4-12(10-13)8-9-19-16(20)11-21-15-7-2-1-6-14(15)18/h1-7,10H,8-9,11,18H2,(H,19,20). The molecule has 0 aliphatic heterocycles. The minimum absolute atomic E-state index is 0.0998. The van der Waals surface area contributed by atoms with Gasteiger partial charge >= 0.3 is 0 Å². The Kier molecular flexibility index (Phi) is 5.15. The lowest BCUT2D eigenvalue weighted by Crippen LogP contribution is -2.30. The Balaban J connectivity index is 1.72. The van der Waals surface area contributed by atoms with E-state index in [4.69, 9.17) is 10.5 Å². The molecule has 0 unspecified atom stereocenters. The number of amides is 1. The van der Waals surface area contributed by atoms with Crippen molar-refractivity contribution in [1.29, 1.82) is 0 Å². The van der Waals surface area contributed by atoms with Crippen molar-refractivity contribution in [3.05, 3.63) is 59.9 Å². The fraction of sp³-hybridized carbons (Fsp3) is 0.188. The highest BCUT2D eigenvalue weighted by Gasteiger charge is 2.04. The molecule has 3 N–H and O–H groups in total. The minimum Gasteiger partial charge on any atom is -0.482 e. The third-order valence-corrected chi connectivity index (χ3v) is 2.90. The van der Waals surface area contributed by atoms with Crippen molar-refractivity contribution in [2.24, 2.45) is 0 Å². The van der Waals surface area contributed by atoms with Gasteiger partial charge in [0.1, 0.15) is 11.6 Å². The van der Waals surface area contributed by atoms with E-state index in [2.05, 4.69) is 5.32 Å². The first-order chi connectivity index (χ1) is 10.1. The van der Waals surface area contributed by atoms with Crippen LogP contribution in [0.5, 0.6) is 5.75 Å². The summed E-state index contributed by atoms with van der Waals surface area (Å²) >= 11 is 0. The van der Waals surface area contributed by atoms with Gasteiger partial charge in [0.25, 0.3) is 5.91 Å². The largest absolute Gasteiger partial charge is 0.482 e. The van der Waals surface area contributed by atoms with Gasteiger partial charge in [-0.3, -0.25) is 4.79 Å². The molecule has 2 aromatic carbocycles. The first-order valence-corrected chi connectivity index (χ1v) is 6.63. The molecule has 0 saturated carbocycles. The molecule has 2 aromatic rings. The first-order valence-electron chi connectivity index (χ1n) is 6.63. The van der Waals surface area contributed by atoms with Crippen LogP contribution in [0, 0.1) is 5.82 Å². The Bertz CT molecular complexity index is 617. The third-order valence-electron chi connectivity index (χ3n) is 2.90. The lowest BCUT2D eigenvalue weighted by Gasteiger charge is -2.09. The topological polar surface area (TPSA) is 64.3 Å². The Morgan fingerprint density at radius 2 is 2.00 bits per heavy atom. The number of hydrogen-bond donors (Lipinski definition) is 2. The number of nitrogens with one attached hydrogen (secondary N) is 1. The fourth-order valence-electron chi connectivity index (χ4n) is 1.85. The molecule has 0 aliphatic rings. The number of carbonyl (C=O) groups is 1. The van der Waals surface area contributed by atoms with Crippen molar-refractivity contribution in [3.63, 3.8) is 0 Å². The van der Waals surface area contributed by atoms with Crippen molar-refractivity contribution in [2.75, 3.05) is 18.9 Å². The van der Waals surface area contributed by atoms with E-state index in [1.54, 1.807) is 30.3 Å². The molecular weight excluding hydrogens is 271 g/mol. The average Bonchev–Trinajstić information content (AvgIpc) is 2.46. The lowest BCUT2D eigenvalue weighted by atomic mass is 10.1. The van der Waals surface area contributed by atoms with Gasteiger partial charge in [0.2, 0.25) is 0 Å². The summed E-state index contributed by atoms with van der Waals surface area (Å²) in [6.07, 6.45) is 0.566. The number of para-hydroxylation sites is 2. The van der Waals surface area contributed by atoms with Crippen molar-refractivity contribution in [3.8, 4) is 5.75 Å². The van der Waals surface area contributed by atoms with E-state index < -0.39 is 0 Å². The SMILES string of the molecule is Nc1ccccc1OCC(=O)NCCc1cccc(F)c1. The van der Waals surface area contributed by atoms with Crippen LogP contribution in [0.25, 0.3) is 0 Å². The van der Waals surface area contributed by atoms with Gasteiger partial charge in [-0.1, -0.05) is 24.3 Å². The molecule has 0 fully saturated rings. The Labute approximate surface area is 122 Å². The summed E-state index contributed by atoms with van der Waals surface area (Å²) in [5, 5.41) is 2.71. The summed E-state index contributed by atoms with van der Waals surface area (Å²) in [6, 6.07) is 13.3. The van der Waals surface area contributed by atoms with E-state index in [-0.39, 0.29) is 18.3 Å². The molecule has 4 nitrogen and oxygen atoms in total. The normalized spacial score (nSPS) is 10.1. The number of anilines is 1. The van der Waals surface area contributed by atoms with Gasteiger partial charge in [0.15, 0.2) is 6.61 Å².